The van der Waals surface area contributed by atoms with Gasteiger partial charge in [0.25, 0.3) is 0 Å². The minimum absolute atomic E-state index is 0.201. The first kappa shape index (κ1) is 9.83. The largest absolute Gasteiger partial charge is 0.387 e. The van der Waals surface area contributed by atoms with Gasteiger partial charge < -0.3 is 15.1 Å². The number of hydrogen-bond acceptors (Lipinski definition) is 4. The first-order valence-corrected chi connectivity index (χ1v) is 5.09. The summed E-state index contributed by atoms with van der Waals surface area (Å²) in [5.74, 6) is 0. The zero-order valence-corrected chi connectivity index (χ0v) is 8.69. The second kappa shape index (κ2) is 3.81. The third-order valence-corrected chi connectivity index (χ3v) is 3.03. The summed E-state index contributed by atoms with van der Waals surface area (Å²) in [6.07, 6.45) is 0.169. The molecule has 1 heterocycles. The molecular formula is C10H14N2OS. The van der Waals surface area contributed by atoms with Crippen LogP contribution in [-0.4, -0.2) is 17.7 Å². The SMILES string of the molecule is NC1CCN(S)c2ccccc2C1O. The summed E-state index contributed by atoms with van der Waals surface area (Å²) in [7, 11) is 0. The number of para-hydroxylation sites is 1. The lowest BCUT2D eigenvalue weighted by Crippen LogP contribution is -2.28. The Morgan fingerprint density at radius 1 is 1.43 bits per heavy atom. The molecule has 14 heavy (non-hydrogen) atoms. The molecule has 3 N–H and O–H groups in total. The van der Waals surface area contributed by atoms with E-state index in [-0.39, 0.29) is 6.04 Å². The molecule has 1 aromatic rings. The molecule has 0 saturated heterocycles. The second-order valence-electron chi connectivity index (χ2n) is 3.58. The van der Waals surface area contributed by atoms with Crippen LogP contribution in [0.5, 0.6) is 0 Å². The van der Waals surface area contributed by atoms with Crippen molar-refractivity contribution in [2.45, 2.75) is 18.6 Å². The van der Waals surface area contributed by atoms with E-state index in [4.69, 9.17) is 5.73 Å². The number of hydrogen-bond donors (Lipinski definition) is 3. The lowest BCUT2D eigenvalue weighted by Gasteiger charge is -2.18. The molecule has 0 bridgehead atoms. The van der Waals surface area contributed by atoms with Crippen LogP contribution in [-0.2, 0) is 0 Å². The maximum absolute atomic E-state index is 9.94. The van der Waals surface area contributed by atoms with Crippen molar-refractivity contribution in [3.8, 4) is 0 Å². The first-order chi connectivity index (χ1) is 6.70. The van der Waals surface area contributed by atoms with E-state index in [1.54, 1.807) is 0 Å². The van der Waals surface area contributed by atoms with E-state index in [0.717, 1.165) is 24.2 Å². The van der Waals surface area contributed by atoms with Crippen molar-refractivity contribution in [3.05, 3.63) is 29.8 Å². The summed E-state index contributed by atoms with van der Waals surface area (Å²) in [6, 6.07) is 7.49. The number of nitrogens with zero attached hydrogens (tertiary/aromatic N) is 1. The van der Waals surface area contributed by atoms with Crippen LogP contribution >= 0.6 is 12.8 Å². The van der Waals surface area contributed by atoms with Crippen molar-refractivity contribution >= 4 is 18.5 Å². The number of anilines is 1. The Hall–Kier alpha value is -0.710. The van der Waals surface area contributed by atoms with Crippen molar-refractivity contribution in [1.82, 2.24) is 0 Å². The highest BCUT2D eigenvalue weighted by molar-refractivity contribution is 7.81. The van der Waals surface area contributed by atoms with Crippen molar-refractivity contribution in [2.75, 3.05) is 10.8 Å². The third kappa shape index (κ3) is 1.61. The van der Waals surface area contributed by atoms with Crippen LogP contribution in [0.3, 0.4) is 0 Å². The predicted octanol–water partition coefficient (Wildman–Crippen LogP) is 1.10. The fraction of sp³-hybridized carbons (Fsp3) is 0.400. The molecule has 0 amide bonds. The number of rotatable bonds is 0. The predicted molar refractivity (Wildman–Crippen MR) is 60.3 cm³/mol. The lowest BCUT2D eigenvalue weighted by atomic mass is 10.0. The van der Waals surface area contributed by atoms with Gasteiger partial charge in [-0.2, -0.15) is 0 Å². The smallest absolute Gasteiger partial charge is 0.0961 e. The summed E-state index contributed by atoms with van der Waals surface area (Å²) in [5, 5.41) is 9.94. The summed E-state index contributed by atoms with van der Waals surface area (Å²) in [5.41, 5.74) is 7.67. The second-order valence-corrected chi connectivity index (χ2v) is 4.06. The van der Waals surface area contributed by atoms with Gasteiger partial charge in [0.15, 0.2) is 0 Å². The van der Waals surface area contributed by atoms with E-state index < -0.39 is 6.10 Å². The number of nitrogens with two attached hydrogens (primary N) is 1. The molecule has 0 aliphatic carbocycles. The zero-order chi connectivity index (χ0) is 10.1. The van der Waals surface area contributed by atoms with Crippen molar-refractivity contribution in [1.29, 1.82) is 0 Å². The summed E-state index contributed by atoms with van der Waals surface area (Å²) >= 11 is 4.36. The molecule has 1 aliphatic heterocycles. The number of fused-ring (bicyclic) bond motifs is 1. The van der Waals surface area contributed by atoms with Gasteiger partial charge in [0.05, 0.1) is 11.8 Å². The molecule has 3 nitrogen and oxygen atoms in total. The number of benzene rings is 1. The quantitative estimate of drug-likeness (QED) is 0.562. The Morgan fingerprint density at radius 3 is 2.93 bits per heavy atom. The average Bonchev–Trinajstić information content (AvgIpc) is 2.33. The average molecular weight is 210 g/mol. The van der Waals surface area contributed by atoms with Gasteiger partial charge in [0.2, 0.25) is 0 Å². The van der Waals surface area contributed by atoms with E-state index in [1.165, 1.54) is 0 Å². The Morgan fingerprint density at radius 2 is 2.14 bits per heavy atom. The summed E-state index contributed by atoms with van der Waals surface area (Å²) in [4.78, 5) is 0. The van der Waals surface area contributed by atoms with Crippen molar-refractivity contribution in [3.63, 3.8) is 0 Å². The molecule has 0 saturated carbocycles. The van der Waals surface area contributed by atoms with E-state index in [2.05, 4.69) is 12.8 Å². The molecule has 0 radical (unpaired) electrons. The molecule has 2 rings (SSSR count). The van der Waals surface area contributed by atoms with E-state index >= 15 is 0 Å². The molecule has 0 aromatic heterocycles. The van der Waals surface area contributed by atoms with E-state index in [1.807, 2.05) is 28.6 Å². The number of aliphatic hydroxyl groups is 1. The highest BCUT2D eigenvalue weighted by atomic mass is 32.1. The normalized spacial score (nSPS) is 26.9. The van der Waals surface area contributed by atoms with Gasteiger partial charge in [-0.3, -0.25) is 0 Å². The van der Waals surface area contributed by atoms with Crippen LogP contribution in [0.15, 0.2) is 24.3 Å². The molecule has 2 unspecified atom stereocenters. The molecule has 1 aliphatic rings. The standard InChI is InChI=1S/C10H14N2OS/c11-8-5-6-12(14)9-4-2-1-3-7(9)10(8)13/h1-4,8,10,13-14H,5-6,11H2. The van der Waals surface area contributed by atoms with Gasteiger partial charge in [-0.1, -0.05) is 31.0 Å². The van der Waals surface area contributed by atoms with E-state index in [9.17, 15) is 5.11 Å². The number of thiol groups is 1. The molecule has 1 aromatic carbocycles. The fourth-order valence-corrected chi connectivity index (χ4v) is 2.05. The van der Waals surface area contributed by atoms with Crippen LogP contribution in [0.2, 0.25) is 0 Å². The molecule has 2 atom stereocenters. The maximum Gasteiger partial charge on any atom is 0.0961 e. The Labute approximate surface area is 89.1 Å². The minimum atomic E-state index is -0.580. The monoisotopic (exact) mass is 210 g/mol. The molecule has 0 spiro atoms. The van der Waals surface area contributed by atoms with Crippen molar-refractivity contribution in [2.24, 2.45) is 5.73 Å². The Bertz CT molecular complexity index is 332. The van der Waals surface area contributed by atoms with Crippen LogP contribution in [0.25, 0.3) is 0 Å². The highest BCUT2D eigenvalue weighted by Gasteiger charge is 2.25. The lowest BCUT2D eigenvalue weighted by molar-refractivity contribution is 0.146. The minimum Gasteiger partial charge on any atom is -0.387 e. The van der Waals surface area contributed by atoms with Gasteiger partial charge in [0.1, 0.15) is 0 Å². The Balaban J connectivity index is 2.46. The Kier molecular flexibility index (Phi) is 2.67. The fourth-order valence-electron chi connectivity index (χ4n) is 1.75. The first-order valence-electron chi connectivity index (χ1n) is 4.69. The van der Waals surface area contributed by atoms with Crippen LogP contribution in [0.4, 0.5) is 5.69 Å². The van der Waals surface area contributed by atoms with Gasteiger partial charge in [-0.05, 0) is 12.5 Å². The van der Waals surface area contributed by atoms with Crippen LogP contribution in [0, 0.1) is 0 Å². The van der Waals surface area contributed by atoms with Crippen molar-refractivity contribution < 1.29 is 5.11 Å². The molecule has 0 fully saturated rings. The van der Waals surface area contributed by atoms with E-state index in [0.29, 0.717) is 0 Å². The molecular weight excluding hydrogens is 196 g/mol. The zero-order valence-electron chi connectivity index (χ0n) is 7.80. The molecule has 76 valence electrons. The highest BCUT2D eigenvalue weighted by Crippen LogP contribution is 2.32. The molecule has 4 heteroatoms. The van der Waals surface area contributed by atoms with Crippen LogP contribution < -0.4 is 10.0 Å². The van der Waals surface area contributed by atoms with Gasteiger partial charge in [-0.15, -0.1) is 0 Å². The van der Waals surface area contributed by atoms with Gasteiger partial charge in [0, 0.05) is 18.2 Å². The summed E-state index contributed by atoms with van der Waals surface area (Å²) in [6.45, 7) is 0.762. The van der Waals surface area contributed by atoms with Crippen LogP contribution in [0.1, 0.15) is 18.1 Å². The maximum atomic E-state index is 9.94. The van der Waals surface area contributed by atoms with Gasteiger partial charge in [-0.25, -0.2) is 0 Å². The summed E-state index contributed by atoms with van der Waals surface area (Å²) < 4.78 is 1.84. The number of aliphatic hydroxyl groups excluding tert-OH is 1. The third-order valence-electron chi connectivity index (χ3n) is 2.61. The topological polar surface area (TPSA) is 49.5 Å². The van der Waals surface area contributed by atoms with Gasteiger partial charge >= 0.3 is 0 Å².